The summed E-state index contributed by atoms with van der Waals surface area (Å²) in [5.41, 5.74) is 3.19. The number of anilines is 1. The van der Waals surface area contributed by atoms with Gasteiger partial charge in [0.1, 0.15) is 0 Å². The van der Waals surface area contributed by atoms with Gasteiger partial charge in [0, 0.05) is 35.3 Å². The summed E-state index contributed by atoms with van der Waals surface area (Å²) < 4.78 is 22.4. The van der Waals surface area contributed by atoms with E-state index in [0.717, 1.165) is 17.7 Å². The van der Waals surface area contributed by atoms with Crippen LogP contribution in [0.3, 0.4) is 0 Å². The van der Waals surface area contributed by atoms with E-state index in [1.165, 1.54) is 5.56 Å². The molecule has 1 saturated heterocycles. The molecule has 1 amide bonds. The smallest absolute Gasteiger partial charge is 0.232 e. The van der Waals surface area contributed by atoms with Crippen LogP contribution >= 0.6 is 10.7 Å². The van der Waals surface area contributed by atoms with Crippen molar-refractivity contribution in [1.29, 1.82) is 0 Å². The van der Waals surface area contributed by atoms with Gasteiger partial charge >= 0.3 is 0 Å². The minimum Gasteiger partial charge on any atom is -0.312 e. The zero-order chi connectivity index (χ0) is 17.2. The first-order chi connectivity index (χ1) is 11.4. The molecule has 2 aromatic carbocycles. The number of nitrogens with zero attached hydrogens (tertiary/aromatic N) is 1. The molecule has 0 spiro atoms. The van der Waals surface area contributed by atoms with Crippen LogP contribution in [0, 0.1) is 5.92 Å². The molecule has 1 fully saturated rings. The first-order valence-electron chi connectivity index (χ1n) is 7.76. The van der Waals surface area contributed by atoms with E-state index in [-0.39, 0.29) is 24.0 Å². The van der Waals surface area contributed by atoms with Crippen LogP contribution in [0.1, 0.15) is 17.5 Å². The molecule has 0 N–H and O–H groups in total. The highest BCUT2D eigenvalue weighted by Gasteiger charge is 2.33. The third-order valence-corrected chi connectivity index (χ3v) is 5.39. The molecule has 1 unspecified atom stereocenters. The van der Waals surface area contributed by atoms with Crippen molar-refractivity contribution >= 4 is 31.3 Å². The molecule has 0 aliphatic carbocycles. The molecule has 4 nitrogen and oxygen atoms in total. The highest BCUT2D eigenvalue weighted by molar-refractivity contribution is 8.13. The summed E-state index contributed by atoms with van der Waals surface area (Å²) in [7, 11) is 1.71. The summed E-state index contributed by atoms with van der Waals surface area (Å²) in [6.07, 6.45) is 1.06. The third-order valence-electron chi connectivity index (χ3n) is 4.14. The minimum atomic E-state index is -3.58. The zero-order valence-corrected chi connectivity index (χ0v) is 14.6. The fraction of sp³-hybridized carbons (Fsp3) is 0.278. The van der Waals surface area contributed by atoms with Gasteiger partial charge in [0.15, 0.2) is 0 Å². The predicted octanol–water partition coefficient (Wildman–Crippen LogP) is 3.20. The Morgan fingerprint density at radius 2 is 1.62 bits per heavy atom. The Morgan fingerprint density at radius 3 is 2.25 bits per heavy atom. The quantitative estimate of drug-likeness (QED) is 0.766. The summed E-state index contributed by atoms with van der Waals surface area (Å²) >= 11 is 0. The lowest BCUT2D eigenvalue weighted by Gasteiger charge is -2.17. The average Bonchev–Trinajstić information content (AvgIpc) is 2.87. The topological polar surface area (TPSA) is 54.5 Å². The average molecular weight is 364 g/mol. The van der Waals surface area contributed by atoms with Crippen molar-refractivity contribution < 1.29 is 13.2 Å². The van der Waals surface area contributed by atoms with E-state index in [4.69, 9.17) is 10.7 Å². The van der Waals surface area contributed by atoms with E-state index >= 15 is 0 Å². The molecular weight excluding hydrogens is 346 g/mol. The zero-order valence-electron chi connectivity index (χ0n) is 13.1. The predicted molar refractivity (Wildman–Crippen MR) is 95.8 cm³/mol. The fourth-order valence-electron chi connectivity index (χ4n) is 3.05. The number of hydrogen-bond donors (Lipinski definition) is 0. The number of carbonyl (C=O) groups excluding carboxylic acids is 1. The maximum Gasteiger partial charge on any atom is 0.232 e. The molecule has 2 aromatic rings. The van der Waals surface area contributed by atoms with Gasteiger partial charge in [-0.05, 0) is 29.7 Å². The molecule has 1 heterocycles. The number of amides is 1. The highest BCUT2D eigenvalue weighted by Crippen LogP contribution is 2.27. The summed E-state index contributed by atoms with van der Waals surface area (Å²) in [6, 6.07) is 18.0. The van der Waals surface area contributed by atoms with Crippen molar-refractivity contribution in [3.05, 3.63) is 65.7 Å². The molecule has 0 saturated carbocycles. The Hall–Kier alpha value is -1.85. The van der Waals surface area contributed by atoms with E-state index in [9.17, 15) is 13.2 Å². The normalized spacial score (nSPS) is 18.1. The van der Waals surface area contributed by atoms with E-state index in [1.54, 1.807) is 4.90 Å². The van der Waals surface area contributed by atoms with Crippen LogP contribution in [0.15, 0.2) is 54.6 Å². The standard InChI is InChI=1S/C18H18ClNO3S/c19-24(22,23)13-16-11-18(21)20(12-16)17-8-6-15(7-9-17)10-14-4-2-1-3-5-14/h1-9,16H,10-13H2. The number of hydrogen-bond acceptors (Lipinski definition) is 3. The van der Waals surface area contributed by atoms with Crippen molar-refractivity contribution in [2.45, 2.75) is 12.8 Å². The van der Waals surface area contributed by atoms with E-state index in [0.29, 0.717) is 6.54 Å². The van der Waals surface area contributed by atoms with Gasteiger partial charge < -0.3 is 4.90 Å². The maximum absolute atomic E-state index is 12.1. The molecule has 126 valence electrons. The summed E-state index contributed by atoms with van der Waals surface area (Å²) in [6.45, 7) is 0.392. The fourth-order valence-corrected chi connectivity index (χ4v) is 4.37. The van der Waals surface area contributed by atoms with Crippen molar-refractivity contribution in [3.63, 3.8) is 0 Å². The number of halogens is 1. The van der Waals surface area contributed by atoms with Gasteiger partial charge in [-0.2, -0.15) is 0 Å². The van der Waals surface area contributed by atoms with Gasteiger partial charge in [-0.25, -0.2) is 8.42 Å². The van der Waals surface area contributed by atoms with Crippen molar-refractivity contribution in [2.24, 2.45) is 5.92 Å². The number of benzene rings is 2. The summed E-state index contributed by atoms with van der Waals surface area (Å²) in [5.74, 6) is -0.469. The molecular formula is C18H18ClNO3S. The highest BCUT2D eigenvalue weighted by atomic mass is 35.7. The van der Waals surface area contributed by atoms with Crippen molar-refractivity contribution in [2.75, 3.05) is 17.2 Å². The lowest BCUT2D eigenvalue weighted by atomic mass is 10.0. The van der Waals surface area contributed by atoms with Crippen LogP contribution in [0.5, 0.6) is 0 Å². The Balaban J connectivity index is 1.68. The van der Waals surface area contributed by atoms with Gasteiger partial charge in [-0.3, -0.25) is 4.79 Å². The summed E-state index contributed by atoms with van der Waals surface area (Å²) in [4.78, 5) is 13.8. The molecule has 1 aliphatic rings. The second-order valence-electron chi connectivity index (χ2n) is 6.11. The van der Waals surface area contributed by atoms with Crippen LogP contribution in [-0.4, -0.2) is 26.6 Å². The Labute approximate surface area is 146 Å². The van der Waals surface area contributed by atoms with Gasteiger partial charge in [0.25, 0.3) is 0 Å². The van der Waals surface area contributed by atoms with E-state index in [2.05, 4.69) is 12.1 Å². The van der Waals surface area contributed by atoms with Crippen LogP contribution in [0.25, 0.3) is 0 Å². The molecule has 0 aromatic heterocycles. The van der Waals surface area contributed by atoms with Gasteiger partial charge in [0.2, 0.25) is 15.0 Å². The second kappa shape index (κ2) is 6.95. The molecule has 1 aliphatic heterocycles. The first-order valence-corrected chi connectivity index (χ1v) is 10.2. The van der Waals surface area contributed by atoms with E-state index in [1.807, 2.05) is 42.5 Å². The molecule has 3 rings (SSSR count). The lowest BCUT2D eigenvalue weighted by molar-refractivity contribution is -0.117. The molecule has 0 radical (unpaired) electrons. The molecule has 24 heavy (non-hydrogen) atoms. The molecule has 0 bridgehead atoms. The Bertz CT molecular complexity index is 819. The Morgan fingerprint density at radius 1 is 1.00 bits per heavy atom. The van der Waals surface area contributed by atoms with Crippen molar-refractivity contribution in [1.82, 2.24) is 0 Å². The molecule has 6 heteroatoms. The monoisotopic (exact) mass is 363 g/mol. The van der Waals surface area contributed by atoms with Crippen LogP contribution in [0.2, 0.25) is 0 Å². The molecule has 1 atom stereocenters. The SMILES string of the molecule is O=C1CC(CS(=O)(=O)Cl)CN1c1ccc(Cc2ccccc2)cc1. The largest absolute Gasteiger partial charge is 0.312 e. The van der Waals surface area contributed by atoms with Crippen LogP contribution < -0.4 is 4.90 Å². The van der Waals surface area contributed by atoms with E-state index < -0.39 is 9.05 Å². The third kappa shape index (κ3) is 4.36. The lowest BCUT2D eigenvalue weighted by Crippen LogP contribution is -2.25. The Kier molecular flexibility index (Phi) is 4.92. The van der Waals surface area contributed by atoms with Gasteiger partial charge in [0.05, 0.1) is 5.75 Å². The number of rotatable bonds is 5. The second-order valence-corrected chi connectivity index (χ2v) is 8.93. The van der Waals surface area contributed by atoms with Gasteiger partial charge in [-0.1, -0.05) is 42.5 Å². The summed E-state index contributed by atoms with van der Waals surface area (Å²) in [5, 5.41) is 0. The van der Waals surface area contributed by atoms with Gasteiger partial charge in [-0.15, -0.1) is 0 Å². The minimum absolute atomic E-state index is 0.0591. The maximum atomic E-state index is 12.1. The first kappa shape index (κ1) is 17.0. The van der Waals surface area contributed by atoms with Crippen molar-refractivity contribution in [3.8, 4) is 0 Å². The van der Waals surface area contributed by atoms with Crippen LogP contribution in [0.4, 0.5) is 5.69 Å². The number of carbonyl (C=O) groups is 1. The van der Waals surface area contributed by atoms with Crippen LogP contribution in [-0.2, 0) is 20.3 Å².